The lowest BCUT2D eigenvalue weighted by atomic mass is 10.0. The largest absolute Gasteiger partial charge is 0.478 e. The Morgan fingerprint density at radius 1 is 0.905 bits per heavy atom. The summed E-state index contributed by atoms with van der Waals surface area (Å²) in [5.74, 6) is -2.36. The van der Waals surface area contributed by atoms with Gasteiger partial charge in [-0.25, -0.2) is 9.59 Å². The van der Waals surface area contributed by atoms with Gasteiger partial charge in [-0.15, -0.1) is 0 Å². The monoisotopic (exact) mass is 287 g/mol. The Balaban J connectivity index is 2.54. The van der Waals surface area contributed by atoms with Crippen molar-refractivity contribution in [3.8, 4) is 11.1 Å². The first-order valence-electron chi connectivity index (χ1n) is 5.75. The van der Waals surface area contributed by atoms with Crippen LogP contribution < -0.4 is 0 Å². The van der Waals surface area contributed by atoms with Gasteiger partial charge in [-0.3, -0.25) is 10.1 Å². The number of rotatable bonds is 4. The van der Waals surface area contributed by atoms with Crippen LogP contribution in [0.15, 0.2) is 42.5 Å². The summed E-state index contributed by atoms with van der Waals surface area (Å²) in [5, 5.41) is 28.7. The van der Waals surface area contributed by atoms with Crippen molar-refractivity contribution in [1.82, 2.24) is 0 Å². The number of nitrogens with zero attached hydrogens (tertiary/aromatic N) is 1. The van der Waals surface area contributed by atoms with Gasteiger partial charge in [0.1, 0.15) is 0 Å². The van der Waals surface area contributed by atoms with Crippen molar-refractivity contribution < 1.29 is 24.7 Å². The van der Waals surface area contributed by atoms with E-state index in [0.717, 1.165) is 6.07 Å². The molecule has 2 aromatic rings. The molecule has 7 heteroatoms. The molecular formula is C14H9NO6. The van der Waals surface area contributed by atoms with Crippen molar-refractivity contribution in [3.63, 3.8) is 0 Å². The number of hydrogen-bond acceptors (Lipinski definition) is 4. The summed E-state index contributed by atoms with van der Waals surface area (Å²) in [6, 6.07) is 9.09. The minimum atomic E-state index is -1.26. The van der Waals surface area contributed by atoms with Gasteiger partial charge in [0.05, 0.1) is 21.6 Å². The molecule has 0 fully saturated rings. The fourth-order valence-electron chi connectivity index (χ4n) is 1.85. The van der Waals surface area contributed by atoms with E-state index in [-0.39, 0.29) is 22.4 Å². The van der Waals surface area contributed by atoms with E-state index < -0.39 is 16.9 Å². The second-order valence-electron chi connectivity index (χ2n) is 4.18. The second kappa shape index (κ2) is 5.41. The van der Waals surface area contributed by atoms with E-state index >= 15 is 0 Å². The van der Waals surface area contributed by atoms with E-state index in [4.69, 9.17) is 10.2 Å². The maximum Gasteiger partial charge on any atom is 0.335 e. The van der Waals surface area contributed by atoms with Crippen LogP contribution in [-0.2, 0) is 0 Å². The predicted molar refractivity (Wildman–Crippen MR) is 72.5 cm³/mol. The molecule has 0 aliphatic heterocycles. The number of carbonyl (C=O) groups is 2. The van der Waals surface area contributed by atoms with Crippen LogP contribution in [0.1, 0.15) is 20.7 Å². The molecule has 0 unspecified atom stereocenters. The summed E-state index contributed by atoms with van der Waals surface area (Å²) >= 11 is 0. The van der Waals surface area contributed by atoms with Crippen LogP contribution in [0.3, 0.4) is 0 Å². The highest BCUT2D eigenvalue weighted by Gasteiger charge is 2.18. The number of nitro benzene ring substituents is 1. The molecule has 0 radical (unpaired) electrons. The summed E-state index contributed by atoms with van der Waals surface area (Å²) < 4.78 is 0. The van der Waals surface area contributed by atoms with E-state index in [2.05, 4.69) is 0 Å². The summed E-state index contributed by atoms with van der Waals surface area (Å²) in [5.41, 5.74) is 0.180. The number of aromatic carboxylic acids is 2. The zero-order valence-corrected chi connectivity index (χ0v) is 10.5. The SMILES string of the molecule is O=C(O)c1ccc(-c2ccc(C(=O)O)cc2[N+](=O)[O-])cc1. The van der Waals surface area contributed by atoms with Gasteiger partial charge in [0.25, 0.3) is 5.69 Å². The summed E-state index contributed by atoms with van der Waals surface area (Å²) in [4.78, 5) is 32.0. The highest BCUT2D eigenvalue weighted by atomic mass is 16.6. The lowest BCUT2D eigenvalue weighted by Crippen LogP contribution is -2.00. The highest BCUT2D eigenvalue weighted by Crippen LogP contribution is 2.31. The topological polar surface area (TPSA) is 118 Å². The third kappa shape index (κ3) is 2.86. The smallest absolute Gasteiger partial charge is 0.335 e. The zero-order chi connectivity index (χ0) is 15.6. The average molecular weight is 287 g/mol. The molecule has 0 atom stereocenters. The molecule has 0 aliphatic rings. The van der Waals surface area contributed by atoms with E-state index in [1.54, 1.807) is 0 Å². The first-order chi connectivity index (χ1) is 9.90. The van der Waals surface area contributed by atoms with E-state index in [1.165, 1.54) is 36.4 Å². The molecule has 106 valence electrons. The normalized spacial score (nSPS) is 10.1. The number of nitro groups is 1. The molecule has 0 heterocycles. The number of carboxylic acid groups (broad SMARTS) is 2. The number of carboxylic acids is 2. The maximum absolute atomic E-state index is 11.1. The Hall–Kier alpha value is -3.22. The molecule has 0 aliphatic carbocycles. The van der Waals surface area contributed by atoms with Crippen LogP contribution >= 0.6 is 0 Å². The van der Waals surface area contributed by atoms with Gasteiger partial charge in [0.2, 0.25) is 0 Å². The van der Waals surface area contributed by atoms with Gasteiger partial charge in [-0.1, -0.05) is 12.1 Å². The predicted octanol–water partition coefficient (Wildman–Crippen LogP) is 2.66. The minimum Gasteiger partial charge on any atom is -0.478 e. The molecular weight excluding hydrogens is 278 g/mol. The maximum atomic E-state index is 11.1. The molecule has 0 saturated carbocycles. The summed E-state index contributed by atoms with van der Waals surface area (Å²) in [7, 11) is 0. The Morgan fingerprint density at radius 2 is 1.43 bits per heavy atom. The van der Waals surface area contributed by atoms with Gasteiger partial charge in [0.15, 0.2) is 0 Å². The third-order valence-electron chi connectivity index (χ3n) is 2.88. The molecule has 0 aromatic heterocycles. The second-order valence-corrected chi connectivity index (χ2v) is 4.18. The quantitative estimate of drug-likeness (QED) is 0.659. The molecule has 7 nitrogen and oxygen atoms in total. The molecule has 0 saturated heterocycles. The van der Waals surface area contributed by atoms with E-state index in [1.807, 2.05) is 0 Å². The lowest BCUT2D eigenvalue weighted by Gasteiger charge is -2.05. The lowest BCUT2D eigenvalue weighted by molar-refractivity contribution is -0.384. The number of benzene rings is 2. The summed E-state index contributed by atoms with van der Waals surface area (Å²) in [6.45, 7) is 0. The first-order valence-corrected chi connectivity index (χ1v) is 5.75. The minimum absolute atomic E-state index is 0.0589. The molecule has 2 N–H and O–H groups in total. The Morgan fingerprint density at radius 3 is 1.90 bits per heavy atom. The summed E-state index contributed by atoms with van der Waals surface area (Å²) in [6.07, 6.45) is 0. The van der Waals surface area contributed by atoms with E-state index in [9.17, 15) is 19.7 Å². The average Bonchev–Trinajstić information content (AvgIpc) is 2.46. The fourth-order valence-corrected chi connectivity index (χ4v) is 1.85. The molecule has 0 spiro atoms. The van der Waals surface area contributed by atoms with Crippen LogP contribution in [0.2, 0.25) is 0 Å². The molecule has 0 amide bonds. The third-order valence-corrected chi connectivity index (χ3v) is 2.88. The standard InChI is InChI=1S/C14H9NO6/c16-13(17)9-3-1-8(2-4-9)11-6-5-10(14(18)19)7-12(11)15(20)21/h1-7H,(H,16,17)(H,18,19). The van der Waals surface area contributed by atoms with E-state index in [0.29, 0.717) is 5.56 Å². The van der Waals surface area contributed by atoms with Gasteiger partial charge >= 0.3 is 11.9 Å². The van der Waals surface area contributed by atoms with Crippen molar-refractivity contribution in [1.29, 1.82) is 0 Å². The van der Waals surface area contributed by atoms with Crippen LogP contribution in [0.5, 0.6) is 0 Å². The molecule has 2 aromatic carbocycles. The zero-order valence-electron chi connectivity index (χ0n) is 10.5. The fraction of sp³-hybridized carbons (Fsp3) is 0. The Bertz CT molecular complexity index is 736. The molecule has 21 heavy (non-hydrogen) atoms. The van der Waals surface area contributed by atoms with Gasteiger partial charge in [-0.2, -0.15) is 0 Å². The van der Waals surface area contributed by atoms with Crippen LogP contribution in [0.4, 0.5) is 5.69 Å². The Labute approximate surface area is 118 Å². The van der Waals surface area contributed by atoms with Gasteiger partial charge in [0, 0.05) is 6.07 Å². The van der Waals surface area contributed by atoms with Crippen molar-refractivity contribution in [2.24, 2.45) is 0 Å². The van der Waals surface area contributed by atoms with Gasteiger partial charge in [-0.05, 0) is 29.8 Å². The van der Waals surface area contributed by atoms with Gasteiger partial charge < -0.3 is 10.2 Å². The first kappa shape index (κ1) is 14.2. The molecule has 0 bridgehead atoms. The Kier molecular flexibility index (Phi) is 3.66. The number of hydrogen-bond donors (Lipinski definition) is 2. The van der Waals surface area contributed by atoms with Crippen molar-refractivity contribution in [2.75, 3.05) is 0 Å². The van der Waals surface area contributed by atoms with Crippen molar-refractivity contribution in [2.45, 2.75) is 0 Å². The van der Waals surface area contributed by atoms with Crippen molar-refractivity contribution >= 4 is 17.6 Å². The molecule has 2 rings (SSSR count). The van der Waals surface area contributed by atoms with Crippen LogP contribution in [0, 0.1) is 10.1 Å². The van der Waals surface area contributed by atoms with Crippen molar-refractivity contribution in [3.05, 3.63) is 63.7 Å². The van der Waals surface area contributed by atoms with Crippen LogP contribution in [0.25, 0.3) is 11.1 Å². The highest BCUT2D eigenvalue weighted by molar-refractivity contribution is 5.91. The van der Waals surface area contributed by atoms with Crippen LogP contribution in [-0.4, -0.2) is 27.1 Å².